The van der Waals surface area contributed by atoms with Gasteiger partial charge in [0.15, 0.2) is 0 Å². The van der Waals surface area contributed by atoms with Crippen molar-refractivity contribution in [1.82, 2.24) is 0 Å². The average molecular weight is 283 g/mol. The van der Waals surface area contributed by atoms with Crippen molar-refractivity contribution in [2.24, 2.45) is 5.16 Å². The summed E-state index contributed by atoms with van der Waals surface area (Å²) in [6.07, 6.45) is 0.0939. The van der Waals surface area contributed by atoms with E-state index in [-0.39, 0.29) is 12.8 Å². The molecule has 1 aromatic heterocycles. The monoisotopic (exact) mass is 283 g/mol. The number of aliphatic carboxylic acids is 1. The molecule has 3 aromatic rings. The number of nitrogens with zero attached hydrogens (tertiary/aromatic N) is 1. The van der Waals surface area contributed by atoms with Crippen LogP contribution in [0.1, 0.15) is 18.4 Å². The second kappa shape index (κ2) is 5.28. The van der Waals surface area contributed by atoms with Crippen molar-refractivity contribution in [1.29, 1.82) is 0 Å². The van der Waals surface area contributed by atoms with E-state index in [0.717, 1.165) is 21.9 Å². The predicted molar refractivity (Wildman–Crippen MR) is 78.9 cm³/mol. The lowest BCUT2D eigenvalue weighted by molar-refractivity contribution is -0.136. The fourth-order valence-corrected chi connectivity index (χ4v) is 2.38. The average Bonchev–Trinajstić information content (AvgIpc) is 2.85. The molecule has 2 aromatic carbocycles. The van der Waals surface area contributed by atoms with Gasteiger partial charge >= 0.3 is 5.97 Å². The maximum atomic E-state index is 10.6. The van der Waals surface area contributed by atoms with Crippen LogP contribution in [0.3, 0.4) is 0 Å². The Morgan fingerprint density at radius 2 is 1.81 bits per heavy atom. The van der Waals surface area contributed by atoms with Crippen LogP contribution in [-0.4, -0.2) is 22.0 Å². The number of hydrogen-bond donors (Lipinski definition) is 2. The highest BCUT2D eigenvalue weighted by Gasteiger charge is 2.11. The summed E-state index contributed by atoms with van der Waals surface area (Å²) < 4.78 is 5.72. The van der Waals surface area contributed by atoms with Crippen LogP contribution in [0.2, 0.25) is 0 Å². The molecule has 106 valence electrons. The third-order valence-electron chi connectivity index (χ3n) is 3.41. The zero-order valence-corrected chi connectivity index (χ0v) is 11.1. The first-order chi connectivity index (χ1) is 10.2. The standard InChI is InChI=1S/C16H13NO4/c18-16(19)8-6-13(17-20)10-5-7-15-12(9-10)11-3-1-2-4-14(11)21-15/h1-5,7,9,20H,6,8H2,(H,18,19)/b17-13+. The van der Waals surface area contributed by atoms with Gasteiger partial charge in [0.25, 0.3) is 0 Å². The largest absolute Gasteiger partial charge is 0.481 e. The molecule has 5 nitrogen and oxygen atoms in total. The van der Waals surface area contributed by atoms with E-state index in [2.05, 4.69) is 5.16 Å². The van der Waals surface area contributed by atoms with Crippen LogP contribution in [0.25, 0.3) is 21.9 Å². The summed E-state index contributed by atoms with van der Waals surface area (Å²) in [6, 6.07) is 13.1. The quantitative estimate of drug-likeness (QED) is 0.435. The number of carbonyl (C=O) groups is 1. The molecule has 3 rings (SSSR count). The third kappa shape index (κ3) is 2.45. The van der Waals surface area contributed by atoms with E-state index in [1.54, 1.807) is 12.1 Å². The number of benzene rings is 2. The van der Waals surface area contributed by atoms with E-state index in [4.69, 9.17) is 14.7 Å². The van der Waals surface area contributed by atoms with Gasteiger partial charge in [-0.2, -0.15) is 0 Å². The molecule has 0 aliphatic carbocycles. The molecule has 5 heteroatoms. The minimum Gasteiger partial charge on any atom is -0.481 e. The first kappa shape index (κ1) is 13.2. The van der Waals surface area contributed by atoms with Crippen molar-refractivity contribution in [3.63, 3.8) is 0 Å². The Balaban J connectivity index is 2.07. The molecule has 0 atom stereocenters. The van der Waals surface area contributed by atoms with Crippen LogP contribution < -0.4 is 0 Å². The molecule has 0 saturated carbocycles. The van der Waals surface area contributed by atoms with E-state index < -0.39 is 5.97 Å². The number of furan rings is 1. The van der Waals surface area contributed by atoms with E-state index in [0.29, 0.717) is 11.3 Å². The lowest BCUT2D eigenvalue weighted by atomic mass is 10.0. The summed E-state index contributed by atoms with van der Waals surface area (Å²) in [6.45, 7) is 0. The highest BCUT2D eigenvalue weighted by atomic mass is 16.4. The van der Waals surface area contributed by atoms with Gasteiger partial charge in [-0.15, -0.1) is 0 Å². The van der Waals surface area contributed by atoms with Crippen molar-refractivity contribution < 1.29 is 19.5 Å². The number of para-hydroxylation sites is 1. The van der Waals surface area contributed by atoms with Crippen LogP contribution in [0.5, 0.6) is 0 Å². The maximum Gasteiger partial charge on any atom is 0.303 e. The number of carboxylic acid groups (broad SMARTS) is 1. The van der Waals surface area contributed by atoms with Crippen molar-refractivity contribution in [3.05, 3.63) is 48.0 Å². The minimum atomic E-state index is -0.925. The Morgan fingerprint density at radius 3 is 2.57 bits per heavy atom. The molecule has 21 heavy (non-hydrogen) atoms. The molecule has 0 amide bonds. The third-order valence-corrected chi connectivity index (χ3v) is 3.41. The minimum absolute atomic E-state index is 0.0798. The van der Waals surface area contributed by atoms with Crippen molar-refractivity contribution in [3.8, 4) is 0 Å². The molecule has 0 radical (unpaired) electrons. The fourth-order valence-electron chi connectivity index (χ4n) is 2.38. The van der Waals surface area contributed by atoms with Gasteiger partial charge in [0.1, 0.15) is 11.2 Å². The molecular formula is C16H13NO4. The van der Waals surface area contributed by atoms with Gasteiger partial charge in [-0.3, -0.25) is 4.79 Å². The first-order valence-corrected chi connectivity index (χ1v) is 6.53. The second-order valence-electron chi connectivity index (χ2n) is 4.75. The molecule has 0 bridgehead atoms. The first-order valence-electron chi connectivity index (χ1n) is 6.53. The zero-order valence-electron chi connectivity index (χ0n) is 11.1. The van der Waals surface area contributed by atoms with Gasteiger partial charge in [-0.05, 0) is 24.3 Å². The molecular weight excluding hydrogens is 270 g/mol. The lowest BCUT2D eigenvalue weighted by Crippen LogP contribution is -2.05. The van der Waals surface area contributed by atoms with Crippen molar-refractivity contribution >= 4 is 33.6 Å². The second-order valence-corrected chi connectivity index (χ2v) is 4.75. The van der Waals surface area contributed by atoms with Crippen molar-refractivity contribution in [2.45, 2.75) is 12.8 Å². The lowest BCUT2D eigenvalue weighted by Gasteiger charge is -2.03. The molecule has 0 spiro atoms. The number of rotatable bonds is 4. The van der Waals surface area contributed by atoms with Gasteiger partial charge < -0.3 is 14.7 Å². The molecule has 0 aliphatic heterocycles. The fraction of sp³-hybridized carbons (Fsp3) is 0.125. The Bertz CT molecular complexity index is 848. The Morgan fingerprint density at radius 1 is 1.05 bits per heavy atom. The number of hydrogen-bond acceptors (Lipinski definition) is 4. The van der Waals surface area contributed by atoms with Gasteiger partial charge in [-0.25, -0.2) is 0 Å². The highest BCUT2D eigenvalue weighted by Crippen LogP contribution is 2.29. The Hall–Kier alpha value is -2.82. The highest BCUT2D eigenvalue weighted by molar-refractivity contribution is 6.09. The summed E-state index contributed by atoms with van der Waals surface area (Å²) in [4.78, 5) is 10.6. The molecule has 2 N–H and O–H groups in total. The van der Waals surface area contributed by atoms with E-state index in [1.165, 1.54) is 0 Å². The van der Waals surface area contributed by atoms with Gasteiger partial charge in [0, 0.05) is 22.8 Å². The summed E-state index contributed by atoms with van der Waals surface area (Å²) in [5.74, 6) is -0.925. The van der Waals surface area contributed by atoms with Gasteiger partial charge in [0.2, 0.25) is 0 Å². The maximum absolute atomic E-state index is 10.6. The number of carboxylic acids is 1. The van der Waals surface area contributed by atoms with E-state index >= 15 is 0 Å². The van der Waals surface area contributed by atoms with E-state index in [1.807, 2.05) is 30.3 Å². The molecule has 1 heterocycles. The number of oxime groups is 1. The summed E-state index contributed by atoms with van der Waals surface area (Å²) in [5, 5.41) is 23.0. The Labute approximate surface area is 120 Å². The molecule has 0 aliphatic rings. The Kier molecular flexibility index (Phi) is 3.31. The van der Waals surface area contributed by atoms with E-state index in [9.17, 15) is 4.79 Å². The summed E-state index contributed by atoms with van der Waals surface area (Å²) in [7, 11) is 0. The predicted octanol–water partition coefficient (Wildman–Crippen LogP) is 3.63. The van der Waals surface area contributed by atoms with Gasteiger partial charge in [0.05, 0.1) is 12.1 Å². The number of fused-ring (bicyclic) bond motifs is 3. The van der Waals surface area contributed by atoms with Crippen LogP contribution in [0, 0.1) is 0 Å². The smallest absolute Gasteiger partial charge is 0.303 e. The van der Waals surface area contributed by atoms with Crippen LogP contribution in [0.4, 0.5) is 0 Å². The zero-order chi connectivity index (χ0) is 14.8. The van der Waals surface area contributed by atoms with Crippen LogP contribution >= 0.6 is 0 Å². The van der Waals surface area contributed by atoms with Crippen LogP contribution in [0.15, 0.2) is 52.0 Å². The van der Waals surface area contributed by atoms with Crippen LogP contribution in [-0.2, 0) is 4.79 Å². The normalized spacial score (nSPS) is 12.1. The molecule has 0 fully saturated rings. The SMILES string of the molecule is O=C(O)CC/C(=N\O)c1ccc2oc3ccccc3c2c1. The summed E-state index contributed by atoms with van der Waals surface area (Å²) >= 11 is 0. The topological polar surface area (TPSA) is 83.0 Å². The summed E-state index contributed by atoms with van der Waals surface area (Å²) in [5.41, 5.74) is 2.58. The molecule has 0 unspecified atom stereocenters. The molecule has 0 saturated heterocycles. The van der Waals surface area contributed by atoms with Crippen molar-refractivity contribution in [2.75, 3.05) is 0 Å². The van der Waals surface area contributed by atoms with Gasteiger partial charge in [-0.1, -0.05) is 23.4 Å².